The minimum atomic E-state index is -3.90. The van der Waals surface area contributed by atoms with E-state index in [-0.39, 0.29) is 23.9 Å². The molecular formula is C16H15BrO6S. The lowest BCUT2D eigenvalue weighted by molar-refractivity contribution is -0.150. The van der Waals surface area contributed by atoms with Crippen molar-refractivity contribution >= 4 is 37.8 Å². The zero-order valence-corrected chi connectivity index (χ0v) is 15.1. The van der Waals surface area contributed by atoms with Crippen LogP contribution in [0.4, 0.5) is 0 Å². The Bertz CT molecular complexity index is 811. The second kappa shape index (κ2) is 6.42. The number of cyclic esters (lactones) is 1. The number of carbonyl (C=O) groups excluding carboxylic acids is 2. The number of benzene rings is 1. The molecule has 0 saturated carbocycles. The molecule has 1 aromatic carbocycles. The summed E-state index contributed by atoms with van der Waals surface area (Å²) in [4.78, 5) is 24.1. The summed E-state index contributed by atoms with van der Waals surface area (Å²) in [6.45, 7) is 0.0530. The second-order valence-corrected chi connectivity index (χ2v) is 8.34. The van der Waals surface area contributed by atoms with E-state index in [1.807, 2.05) is 0 Å². The molecule has 0 N–H and O–H groups in total. The van der Waals surface area contributed by atoms with Gasteiger partial charge in [0.2, 0.25) is 0 Å². The van der Waals surface area contributed by atoms with Gasteiger partial charge < -0.3 is 4.74 Å². The highest BCUT2D eigenvalue weighted by Crippen LogP contribution is 2.40. The highest BCUT2D eigenvalue weighted by molar-refractivity contribution is 9.10. The van der Waals surface area contributed by atoms with E-state index in [4.69, 9.17) is 8.92 Å². The summed E-state index contributed by atoms with van der Waals surface area (Å²) in [5, 5.41) is 0. The zero-order valence-electron chi connectivity index (χ0n) is 12.7. The van der Waals surface area contributed by atoms with Crippen molar-refractivity contribution in [2.24, 2.45) is 5.41 Å². The SMILES string of the molecule is O=C1C=C(COS(=O)(=O)c2ccc(Br)cc2)CCC12CCOC2=O. The van der Waals surface area contributed by atoms with Crippen LogP contribution in [0.2, 0.25) is 0 Å². The highest BCUT2D eigenvalue weighted by Gasteiger charge is 2.51. The van der Waals surface area contributed by atoms with Gasteiger partial charge in [0, 0.05) is 10.9 Å². The number of ketones is 1. The lowest BCUT2D eigenvalue weighted by Crippen LogP contribution is -2.37. The number of allylic oxidation sites excluding steroid dienone is 1. The molecule has 24 heavy (non-hydrogen) atoms. The Morgan fingerprint density at radius 3 is 2.46 bits per heavy atom. The number of hydrogen-bond donors (Lipinski definition) is 0. The van der Waals surface area contributed by atoms with E-state index in [1.54, 1.807) is 12.1 Å². The van der Waals surface area contributed by atoms with Gasteiger partial charge in [-0.05, 0) is 48.8 Å². The second-order valence-electron chi connectivity index (χ2n) is 5.81. The summed E-state index contributed by atoms with van der Waals surface area (Å²) in [6, 6.07) is 6.08. The molecule has 0 amide bonds. The fourth-order valence-corrected chi connectivity index (χ4v) is 4.01. The van der Waals surface area contributed by atoms with Gasteiger partial charge >= 0.3 is 5.97 Å². The zero-order chi connectivity index (χ0) is 17.4. The van der Waals surface area contributed by atoms with Gasteiger partial charge in [-0.3, -0.25) is 13.8 Å². The standard InChI is InChI=1S/C16H15BrO6S/c17-12-1-3-13(4-2-12)24(20,21)23-10-11-5-6-16(14(18)9-11)7-8-22-15(16)19/h1-4,9H,5-8,10H2. The number of ether oxygens (including phenoxy) is 1. The van der Waals surface area contributed by atoms with Crippen LogP contribution in [-0.2, 0) is 28.6 Å². The van der Waals surface area contributed by atoms with E-state index < -0.39 is 21.5 Å². The third-order valence-electron chi connectivity index (χ3n) is 4.33. The van der Waals surface area contributed by atoms with Crippen molar-refractivity contribution < 1.29 is 26.9 Å². The Morgan fingerprint density at radius 2 is 1.88 bits per heavy atom. The lowest BCUT2D eigenvalue weighted by atomic mass is 9.73. The van der Waals surface area contributed by atoms with Crippen LogP contribution in [0.3, 0.4) is 0 Å². The minimum absolute atomic E-state index is 0.0456. The molecular weight excluding hydrogens is 400 g/mol. The average molecular weight is 415 g/mol. The van der Waals surface area contributed by atoms with Crippen LogP contribution in [0.25, 0.3) is 0 Å². The van der Waals surface area contributed by atoms with Crippen LogP contribution in [-0.4, -0.2) is 33.4 Å². The Labute approximate surface area is 148 Å². The first-order valence-electron chi connectivity index (χ1n) is 7.40. The Hall–Kier alpha value is -1.51. The fourth-order valence-electron chi connectivity index (χ4n) is 2.84. The first kappa shape index (κ1) is 17.3. The normalized spacial score (nSPS) is 24.1. The predicted octanol–water partition coefficient (Wildman–Crippen LogP) is 2.38. The molecule has 128 valence electrons. The lowest BCUT2D eigenvalue weighted by Gasteiger charge is -2.26. The van der Waals surface area contributed by atoms with Gasteiger partial charge in [-0.1, -0.05) is 15.9 Å². The first-order valence-corrected chi connectivity index (χ1v) is 9.60. The number of rotatable bonds is 4. The molecule has 8 heteroatoms. The third kappa shape index (κ3) is 3.18. The van der Waals surface area contributed by atoms with Crippen LogP contribution in [0, 0.1) is 5.41 Å². The monoisotopic (exact) mass is 414 g/mol. The Kier molecular flexibility index (Phi) is 4.63. The number of hydrogen-bond acceptors (Lipinski definition) is 6. The molecule has 2 aliphatic rings. The van der Waals surface area contributed by atoms with Crippen LogP contribution in [0.1, 0.15) is 19.3 Å². The van der Waals surface area contributed by atoms with Gasteiger partial charge in [0.15, 0.2) is 5.78 Å². The summed E-state index contributed by atoms with van der Waals surface area (Å²) >= 11 is 3.23. The van der Waals surface area contributed by atoms with Crippen molar-refractivity contribution in [2.45, 2.75) is 24.2 Å². The highest BCUT2D eigenvalue weighted by atomic mass is 79.9. The van der Waals surface area contributed by atoms with E-state index in [1.165, 1.54) is 18.2 Å². The topological polar surface area (TPSA) is 86.7 Å². The molecule has 1 aliphatic heterocycles. The summed E-state index contributed by atoms with van der Waals surface area (Å²) in [5.74, 6) is -0.804. The molecule has 1 fully saturated rings. The Balaban J connectivity index is 1.69. The first-order chi connectivity index (χ1) is 11.3. The van der Waals surface area contributed by atoms with Gasteiger partial charge in [0.05, 0.1) is 18.1 Å². The van der Waals surface area contributed by atoms with E-state index in [2.05, 4.69) is 15.9 Å². The predicted molar refractivity (Wildman–Crippen MR) is 87.6 cm³/mol. The molecule has 3 rings (SSSR count). The van der Waals surface area contributed by atoms with E-state index >= 15 is 0 Å². The number of carbonyl (C=O) groups is 2. The van der Waals surface area contributed by atoms with E-state index in [0.29, 0.717) is 24.8 Å². The third-order valence-corrected chi connectivity index (χ3v) is 6.14. The molecule has 1 atom stereocenters. The van der Waals surface area contributed by atoms with E-state index in [9.17, 15) is 18.0 Å². The van der Waals surface area contributed by atoms with Crippen molar-refractivity contribution in [1.29, 1.82) is 0 Å². The van der Waals surface area contributed by atoms with Crippen molar-refractivity contribution in [1.82, 2.24) is 0 Å². The van der Waals surface area contributed by atoms with Crippen LogP contribution in [0.15, 0.2) is 45.3 Å². The van der Waals surface area contributed by atoms with Gasteiger partial charge in [0.25, 0.3) is 10.1 Å². The summed E-state index contributed by atoms with van der Waals surface area (Å²) in [7, 11) is -3.90. The maximum atomic E-state index is 12.3. The van der Waals surface area contributed by atoms with Crippen molar-refractivity contribution in [3.8, 4) is 0 Å². The summed E-state index contributed by atoms with van der Waals surface area (Å²) < 4.78 is 35.0. The summed E-state index contributed by atoms with van der Waals surface area (Å²) in [5.41, 5.74) is -0.514. The average Bonchev–Trinajstić information content (AvgIpc) is 2.91. The van der Waals surface area contributed by atoms with E-state index in [0.717, 1.165) is 4.47 Å². The molecule has 1 unspecified atom stereocenters. The van der Waals surface area contributed by atoms with Crippen molar-refractivity contribution in [2.75, 3.05) is 13.2 Å². The van der Waals surface area contributed by atoms with Crippen molar-refractivity contribution in [3.63, 3.8) is 0 Å². The van der Waals surface area contributed by atoms with Crippen LogP contribution < -0.4 is 0 Å². The van der Waals surface area contributed by atoms with Crippen molar-refractivity contribution in [3.05, 3.63) is 40.4 Å². The molecule has 1 aliphatic carbocycles. The number of halogens is 1. The molecule has 1 spiro atoms. The summed E-state index contributed by atoms with van der Waals surface area (Å²) in [6.07, 6.45) is 2.47. The fraction of sp³-hybridized carbons (Fsp3) is 0.375. The van der Waals surface area contributed by atoms with Gasteiger partial charge in [0.1, 0.15) is 5.41 Å². The molecule has 1 heterocycles. The molecule has 0 bridgehead atoms. The molecule has 6 nitrogen and oxygen atoms in total. The largest absolute Gasteiger partial charge is 0.465 e. The van der Waals surface area contributed by atoms with Crippen LogP contribution >= 0.6 is 15.9 Å². The molecule has 0 radical (unpaired) electrons. The Morgan fingerprint density at radius 1 is 1.17 bits per heavy atom. The number of esters is 1. The smallest absolute Gasteiger partial charge is 0.320 e. The maximum absolute atomic E-state index is 12.3. The maximum Gasteiger partial charge on any atom is 0.320 e. The van der Waals surface area contributed by atoms with Gasteiger partial charge in [-0.2, -0.15) is 8.42 Å². The molecule has 1 aromatic rings. The molecule has 1 saturated heterocycles. The molecule has 0 aromatic heterocycles. The van der Waals surface area contributed by atoms with Gasteiger partial charge in [-0.15, -0.1) is 0 Å². The van der Waals surface area contributed by atoms with Gasteiger partial charge in [-0.25, -0.2) is 0 Å². The van der Waals surface area contributed by atoms with Crippen LogP contribution in [0.5, 0.6) is 0 Å². The minimum Gasteiger partial charge on any atom is -0.465 e. The quantitative estimate of drug-likeness (QED) is 0.427.